The Bertz CT molecular complexity index is 380. The number of nitrogens with zero attached hydrogens (tertiary/aromatic N) is 1. The molecule has 98 valence electrons. The molecule has 1 amide bonds. The molecule has 17 heavy (non-hydrogen) atoms. The van der Waals surface area contributed by atoms with Crippen LogP contribution in [0.4, 0.5) is 0 Å². The van der Waals surface area contributed by atoms with E-state index in [9.17, 15) is 13.2 Å². The highest BCUT2D eigenvalue weighted by molar-refractivity contribution is 7.85. The number of carbonyl (C=O) groups is 1. The molecule has 2 rings (SSSR count). The predicted molar refractivity (Wildman–Crippen MR) is 62.8 cm³/mol. The first-order chi connectivity index (χ1) is 7.96. The van der Waals surface area contributed by atoms with Crippen LogP contribution in [0.25, 0.3) is 0 Å². The minimum atomic E-state index is -3.34. The summed E-state index contributed by atoms with van der Waals surface area (Å²) in [6.07, 6.45) is 4.83. The van der Waals surface area contributed by atoms with Gasteiger partial charge in [0.1, 0.15) is 0 Å². The normalized spacial score (nSPS) is 22.8. The lowest BCUT2D eigenvalue weighted by molar-refractivity contribution is -0.134. The van der Waals surface area contributed by atoms with E-state index in [2.05, 4.69) is 0 Å². The summed E-state index contributed by atoms with van der Waals surface area (Å²) in [6, 6.07) is 0. The van der Waals surface area contributed by atoms with Crippen molar-refractivity contribution in [2.75, 3.05) is 26.0 Å². The molecule has 1 heterocycles. The van der Waals surface area contributed by atoms with Crippen molar-refractivity contribution in [3.05, 3.63) is 0 Å². The van der Waals surface area contributed by atoms with Gasteiger partial charge in [-0.1, -0.05) is 0 Å². The molecule has 0 unspecified atom stereocenters. The van der Waals surface area contributed by atoms with Crippen LogP contribution < -0.4 is 0 Å². The van der Waals surface area contributed by atoms with Gasteiger partial charge in [-0.3, -0.25) is 8.98 Å². The van der Waals surface area contributed by atoms with Gasteiger partial charge in [0.15, 0.2) is 0 Å². The van der Waals surface area contributed by atoms with Crippen LogP contribution in [-0.4, -0.2) is 45.2 Å². The van der Waals surface area contributed by atoms with E-state index in [1.165, 1.54) is 0 Å². The van der Waals surface area contributed by atoms with Crippen molar-refractivity contribution in [1.29, 1.82) is 0 Å². The average Bonchev–Trinajstić information content (AvgIpc) is 3.09. The molecule has 0 bridgehead atoms. The zero-order chi connectivity index (χ0) is 12.5. The van der Waals surface area contributed by atoms with Gasteiger partial charge in [0.25, 0.3) is 10.1 Å². The Kier molecular flexibility index (Phi) is 3.73. The minimum absolute atomic E-state index is 0.254. The van der Waals surface area contributed by atoms with Gasteiger partial charge in [-0.15, -0.1) is 0 Å². The first-order valence-electron chi connectivity index (χ1n) is 6.09. The Morgan fingerprint density at radius 2 is 1.82 bits per heavy atom. The van der Waals surface area contributed by atoms with Crippen molar-refractivity contribution < 1.29 is 17.4 Å². The van der Waals surface area contributed by atoms with Gasteiger partial charge in [0.2, 0.25) is 5.91 Å². The lowest BCUT2D eigenvalue weighted by Gasteiger charge is -2.31. The van der Waals surface area contributed by atoms with E-state index in [0.29, 0.717) is 0 Å². The molecule has 0 aromatic rings. The summed E-state index contributed by atoms with van der Waals surface area (Å²) < 4.78 is 26.5. The molecule has 0 atom stereocenters. The van der Waals surface area contributed by atoms with Gasteiger partial charge in [-0.25, -0.2) is 0 Å². The molecule has 0 aromatic carbocycles. The monoisotopic (exact) mass is 261 g/mol. The third-order valence-electron chi connectivity index (χ3n) is 3.37. The van der Waals surface area contributed by atoms with Gasteiger partial charge < -0.3 is 4.90 Å². The fourth-order valence-electron chi connectivity index (χ4n) is 2.13. The van der Waals surface area contributed by atoms with E-state index in [1.54, 1.807) is 0 Å². The van der Waals surface area contributed by atoms with Crippen LogP contribution in [0, 0.1) is 11.8 Å². The molecular formula is C11H19NO4S. The summed E-state index contributed by atoms with van der Waals surface area (Å²) in [7, 11) is -3.34. The molecule has 0 aromatic heterocycles. The fourth-order valence-corrected chi connectivity index (χ4v) is 2.57. The summed E-state index contributed by atoms with van der Waals surface area (Å²) in [6.45, 7) is 1.74. The first kappa shape index (κ1) is 12.8. The van der Waals surface area contributed by atoms with Gasteiger partial charge >= 0.3 is 0 Å². The third-order valence-corrected chi connectivity index (χ3v) is 3.93. The predicted octanol–water partition coefficient (Wildman–Crippen LogP) is 0.611. The second-order valence-electron chi connectivity index (χ2n) is 5.03. The number of carbonyl (C=O) groups excluding carboxylic acids is 1. The summed E-state index contributed by atoms with van der Waals surface area (Å²) >= 11 is 0. The highest BCUT2D eigenvalue weighted by Gasteiger charge is 2.34. The maximum atomic E-state index is 11.8. The van der Waals surface area contributed by atoms with Crippen LogP contribution in [0.1, 0.15) is 25.7 Å². The lowest BCUT2D eigenvalue weighted by Crippen LogP contribution is -2.40. The maximum Gasteiger partial charge on any atom is 0.264 e. The second kappa shape index (κ2) is 4.94. The SMILES string of the molecule is CS(=O)(=O)OCC1CCN(C(=O)C2CC2)CC1. The van der Waals surface area contributed by atoms with Gasteiger partial charge in [0.05, 0.1) is 12.9 Å². The zero-order valence-electron chi connectivity index (χ0n) is 10.1. The molecular weight excluding hydrogens is 242 g/mol. The molecule has 1 aliphatic heterocycles. The van der Waals surface area contributed by atoms with Crippen molar-refractivity contribution in [2.45, 2.75) is 25.7 Å². The molecule has 6 heteroatoms. The van der Waals surface area contributed by atoms with Crippen molar-refractivity contribution in [1.82, 2.24) is 4.90 Å². The average molecular weight is 261 g/mol. The summed E-state index contributed by atoms with van der Waals surface area (Å²) in [5.74, 6) is 0.819. The topological polar surface area (TPSA) is 63.7 Å². The molecule has 0 spiro atoms. The van der Waals surface area contributed by atoms with Crippen molar-refractivity contribution in [2.24, 2.45) is 11.8 Å². The number of rotatable bonds is 4. The van der Waals surface area contributed by atoms with Crippen LogP contribution in [0.3, 0.4) is 0 Å². The fraction of sp³-hybridized carbons (Fsp3) is 0.909. The number of amides is 1. The van der Waals surface area contributed by atoms with E-state index in [-0.39, 0.29) is 24.3 Å². The Morgan fingerprint density at radius 1 is 1.24 bits per heavy atom. The van der Waals surface area contributed by atoms with Crippen molar-refractivity contribution in [3.63, 3.8) is 0 Å². The quantitative estimate of drug-likeness (QED) is 0.696. The highest BCUT2D eigenvalue weighted by Crippen LogP contribution is 2.32. The van der Waals surface area contributed by atoms with Crippen LogP contribution in [0.2, 0.25) is 0 Å². The molecule has 2 fully saturated rings. The Balaban J connectivity index is 1.72. The number of hydrogen-bond donors (Lipinski definition) is 0. The van der Waals surface area contributed by atoms with Crippen molar-refractivity contribution in [3.8, 4) is 0 Å². The number of likely N-dealkylation sites (tertiary alicyclic amines) is 1. The van der Waals surface area contributed by atoms with E-state index in [0.717, 1.165) is 45.0 Å². The Labute approximate surface area is 102 Å². The molecule has 5 nitrogen and oxygen atoms in total. The van der Waals surface area contributed by atoms with Gasteiger partial charge in [0, 0.05) is 19.0 Å². The molecule has 1 aliphatic carbocycles. The highest BCUT2D eigenvalue weighted by atomic mass is 32.2. The van der Waals surface area contributed by atoms with Crippen molar-refractivity contribution >= 4 is 16.0 Å². The molecule has 0 radical (unpaired) electrons. The van der Waals surface area contributed by atoms with Crippen LogP contribution in [-0.2, 0) is 19.1 Å². The summed E-state index contributed by atoms with van der Waals surface area (Å²) in [5, 5.41) is 0. The van der Waals surface area contributed by atoms with Gasteiger partial charge in [-0.2, -0.15) is 8.42 Å². The van der Waals surface area contributed by atoms with Gasteiger partial charge in [-0.05, 0) is 31.6 Å². The summed E-state index contributed by atoms with van der Waals surface area (Å²) in [4.78, 5) is 13.7. The Hall–Kier alpha value is -0.620. The largest absolute Gasteiger partial charge is 0.342 e. The van der Waals surface area contributed by atoms with E-state index >= 15 is 0 Å². The zero-order valence-corrected chi connectivity index (χ0v) is 10.9. The van der Waals surface area contributed by atoms with E-state index < -0.39 is 10.1 Å². The minimum Gasteiger partial charge on any atom is -0.342 e. The molecule has 2 aliphatic rings. The first-order valence-corrected chi connectivity index (χ1v) is 7.90. The lowest BCUT2D eigenvalue weighted by atomic mass is 9.97. The standard InChI is InChI=1S/C11H19NO4S/c1-17(14,15)16-8-9-4-6-12(7-5-9)11(13)10-2-3-10/h9-10H,2-8H2,1H3. The second-order valence-corrected chi connectivity index (χ2v) is 6.68. The Morgan fingerprint density at radius 3 is 2.29 bits per heavy atom. The van der Waals surface area contributed by atoms with E-state index in [4.69, 9.17) is 4.18 Å². The van der Waals surface area contributed by atoms with Crippen LogP contribution in [0.15, 0.2) is 0 Å². The molecule has 1 saturated carbocycles. The maximum absolute atomic E-state index is 11.8. The summed E-state index contributed by atoms with van der Waals surface area (Å²) in [5.41, 5.74) is 0. The third kappa shape index (κ3) is 3.96. The smallest absolute Gasteiger partial charge is 0.264 e. The van der Waals surface area contributed by atoms with Crippen LogP contribution >= 0.6 is 0 Å². The number of piperidine rings is 1. The number of hydrogen-bond acceptors (Lipinski definition) is 4. The van der Waals surface area contributed by atoms with E-state index in [1.807, 2.05) is 4.90 Å². The molecule has 0 N–H and O–H groups in total. The van der Waals surface area contributed by atoms with Crippen LogP contribution in [0.5, 0.6) is 0 Å². The molecule has 1 saturated heterocycles.